The van der Waals surface area contributed by atoms with Crippen molar-refractivity contribution in [3.05, 3.63) is 34.1 Å². The zero-order valence-electron chi connectivity index (χ0n) is 10.4. The number of rotatable bonds is 2. The van der Waals surface area contributed by atoms with E-state index in [0.717, 1.165) is 6.07 Å². The number of hydrogen-bond acceptors (Lipinski definition) is 2. The molecule has 1 atom stereocenters. The van der Waals surface area contributed by atoms with Crippen LogP contribution in [0.5, 0.6) is 0 Å². The van der Waals surface area contributed by atoms with E-state index < -0.39 is 18.0 Å². The number of benzene rings is 1. The average molecular weight is 378 g/mol. The van der Waals surface area contributed by atoms with Gasteiger partial charge in [-0.1, -0.05) is 22.0 Å². The molecule has 2 nitrogen and oxygen atoms in total. The monoisotopic (exact) mass is 376 g/mol. The molecule has 0 radical (unpaired) electrons. The van der Waals surface area contributed by atoms with Gasteiger partial charge in [0, 0.05) is 36.2 Å². The summed E-state index contributed by atoms with van der Waals surface area (Å²) in [5.74, 6) is -0.838. The van der Waals surface area contributed by atoms with Gasteiger partial charge < -0.3 is 5.32 Å². The van der Waals surface area contributed by atoms with Crippen LogP contribution >= 0.6 is 28.3 Å². The molecule has 1 N–H and O–H groups in total. The van der Waals surface area contributed by atoms with Gasteiger partial charge in [0.05, 0.1) is 0 Å². The summed E-state index contributed by atoms with van der Waals surface area (Å²) in [6, 6.07) is 1.96. The molecule has 0 aromatic heterocycles. The Balaban J connectivity index is 0.00000200. The van der Waals surface area contributed by atoms with Crippen molar-refractivity contribution in [3.63, 3.8) is 0 Å². The van der Waals surface area contributed by atoms with Crippen molar-refractivity contribution in [2.45, 2.75) is 12.2 Å². The number of piperazine rings is 1. The van der Waals surface area contributed by atoms with Gasteiger partial charge >= 0.3 is 6.18 Å². The third-order valence-electron chi connectivity index (χ3n) is 3.10. The quantitative estimate of drug-likeness (QED) is 0.794. The molecule has 1 heterocycles. The maximum absolute atomic E-state index is 13.8. The lowest BCUT2D eigenvalue weighted by Gasteiger charge is -2.36. The molecule has 0 bridgehead atoms. The molecule has 1 aromatic rings. The Morgan fingerprint density at radius 3 is 2.30 bits per heavy atom. The smallest absolute Gasteiger partial charge is 0.314 e. The summed E-state index contributed by atoms with van der Waals surface area (Å²) in [6.45, 7) is 1.42. The van der Waals surface area contributed by atoms with Crippen LogP contribution in [0.15, 0.2) is 22.7 Å². The second-order valence-electron chi connectivity index (χ2n) is 4.37. The van der Waals surface area contributed by atoms with Crippen molar-refractivity contribution in [2.75, 3.05) is 26.2 Å². The molecule has 0 saturated carbocycles. The van der Waals surface area contributed by atoms with Crippen LogP contribution in [-0.4, -0.2) is 37.3 Å². The van der Waals surface area contributed by atoms with Gasteiger partial charge in [0.2, 0.25) is 0 Å². The van der Waals surface area contributed by atoms with Crippen molar-refractivity contribution in [1.82, 2.24) is 10.2 Å². The molecule has 1 aromatic carbocycles. The summed E-state index contributed by atoms with van der Waals surface area (Å²) >= 11 is 3.02. The molecule has 1 fully saturated rings. The van der Waals surface area contributed by atoms with Crippen molar-refractivity contribution < 1.29 is 17.6 Å². The van der Waals surface area contributed by atoms with Crippen LogP contribution in [0.1, 0.15) is 11.6 Å². The molecule has 20 heavy (non-hydrogen) atoms. The van der Waals surface area contributed by atoms with E-state index in [1.165, 1.54) is 17.0 Å². The Labute approximate surface area is 129 Å². The summed E-state index contributed by atoms with van der Waals surface area (Å²) in [6.07, 6.45) is -4.51. The van der Waals surface area contributed by atoms with E-state index >= 15 is 0 Å². The fourth-order valence-electron chi connectivity index (χ4n) is 2.27. The van der Waals surface area contributed by atoms with Crippen molar-refractivity contribution >= 4 is 28.3 Å². The lowest BCUT2D eigenvalue weighted by atomic mass is 10.0. The van der Waals surface area contributed by atoms with Gasteiger partial charge in [-0.05, 0) is 12.1 Å². The molecule has 114 valence electrons. The maximum Gasteiger partial charge on any atom is 0.408 e. The van der Waals surface area contributed by atoms with Crippen LogP contribution in [0.25, 0.3) is 0 Å². The summed E-state index contributed by atoms with van der Waals surface area (Å²) < 4.78 is 53.9. The second-order valence-corrected chi connectivity index (χ2v) is 5.22. The molecule has 8 heteroatoms. The van der Waals surface area contributed by atoms with Crippen molar-refractivity contribution in [2.24, 2.45) is 0 Å². The van der Waals surface area contributed by atoms with E-state index in [1.54, 1.807) is 0 Å². The van der Waals surface area contributed by atoms with Crippen LogP contribution in [0.2, 0.25) is 0 Å². The van der Waals surface area contributed by atoms with Gasteiger partial charge in [-0.2, -0.15) is 13.2 Å². The van der Waals surface area contributed by atoms with Crippen molar-refractivity contribution in [3.8, 4) is 0 Å². The van der Waals surface area contributed by atoms with Gasteiger partial charge in [0.25, 0.3) is 0 Å². The summed E-state index contributed by atoms with van der Waals surface area (Å²) in [4.78, 5) is 1.26. The zero-order valence-corrected chi connectivity index (χ0v) is 12.8. The highest BCUT2D eigenvalue weighted by atomic mass is 79.9. The highest BCUT2D eigenvalue weighted by molar-refractivity contribution is 9.10. The van der Waals surface area contributed by atoms with Crippen LogP contribution < -0.4 is 5.32 Å². The van der Waals surface area contributed by atoms with E-state index in [9.17, 15) is 17.6 Å². The Kier molecular flexibility index (Phi) is 6.25. The molecule has 1 aliphatic heterocycles. The summed E-state index contributed by atoms with van der Waals surface area (Å²) in [7, 11) is 0. The largest absolute Gasteiger partial charge is 0.408 e. The fourth-order valence-corrected chi connectivity index (χ4v) is 2.82. The molecule has 1 aliphatic rings. The summed E-state index contributed by atoms with van der Waals surface area (Å²) in [5.41, 5.74) is -0.336. The highest BCUT2D eigenvalue weighted by Gasteiger charge is 2.46. The molecule has 0 aliphatic carbocycles. The lowest BCUT2D eigenvalue weighted by molar-refractivity contribution is -0.188. The standard InChI is InChI=1S/C12H13BrF4N2.ClH/c13-8-2-1-3-9(14)10(8)11(12(15,16)17)19-6-4-18-5-7-19;/h1-3,11,18H,4-7H2;1H/t11-;/m0./s1. The third-order valence-corrected chi connectivity index (χ3v) is 3.79. The predicted molar refractivity (Wildman–Crippen MR) is 74.6 cm³/mol. The van der Waals surface area contributed by atoms with Gasteiger partial charge in [-0.3, -0.25) is 4.90 Å². The Morgan fingerprint density at radius 1 is 1.20 bits per heavy atom. The molecule has 0 unspecified atom stereocenters. The minimum atomic E-state index is -4.51. The minimum absolute atomic E-state index is 0. The summed E-state index contributed by atoms with van der Waals surface area (Å²) in [5, 5.41) is 2.99. The van der Waals surface area contributed by atoms with E-state index in [0.29, 0.717) is 13.1 Å². The van der Waals surface area contributed by atoms with Crippen molar-refractivity contribution in [1.29, 1.82) is 0 Å². The number of nitrogens with zero attached hydrogens (tertiary/aromatic N) is 1. The number of alkyl halides is 3. The first-order valence-electron chi connectivity index (χ1n) is 5.86. The SMILES string of the molecule is Cl.Fc1cccc(Br)c1[C@H](N1CCNCC1)C(F)(F)F. The molecule has 0 spiro atoms. The van der Waals surface area contributed by atoms with Crippen LogP contribution in [0, 0.1) is 5.82 Å². The average Bonchev–Trinajstić information content (AvgIpc) is 2.33. The van der Waals surface area contributed by atoms with E-state index in [2.05, 4.69) is 21.2 Å². The Bertz CT molecular complexity index is 429. The maximum atomic E-state index is 13.8. The normalized spacial score (nSPS) is 18.4. The van der Waals surface area contributed by atoms with Gasteiger partial charge in [-0.15, -0.1) is 12.4 Å². The van der Waals surface area contributed by atoms with Gasteiger partial charge in [0.15, 0.2) is 0 Å². The van der Waals surface area contributed by atoms with Crippen LogP contribution in [-0.2, 0) is 0 Å². The first kappa shape index (κ1) is 17.7. The van der Waals surface area contributed by atoms with E-state index in [-0.39, 0.29) is 35.5 Å². The van der Waals surface area contributed by atoms with Gasteiger partial charge in [-0.25, -0.2) is 4.39 Å². The van der Waals surface area contributed by atoms with Crippen LogP contribution in [0.4, 0.5) is 17.6 Å². The Morgan fingerprint density at radius 2 is 1.80 bits per heavy atom. The van der Waals surface area contributed by atoms with Gasteiger partial charge in [0.1, 0.15) is 11.9 Å². The second kappa shape index (κ2) is 7.06. The van der Waals surface area contributed by atoms with Crippen LogP contribution in [0.3, 0.4) is 0 Å². The molecule has 2 rings (SSSR count). The predicted octanol–water partition coefficient (Wildman–Crippen LogP) is 3.52. The number of hydrogen-bond donors (Lipinski definition) is 1. The highest BCUT2D eigenvalue weighted by Crippen LogP contribution is 2.41. The van der Waals surface area contributed by atoms with E-state index in [4.69, 9.17) is 0 Å². The first-order valence-corrected chi connectivity index (χ1v) is 6.66. The zero-order chi connectivity index (χ0) is 14.0. The molecule has 1 saturated heterocycles. The third kappa shape index (κ3) is 3.84. The topological polar surface area (TPSA) is 15.3 Å². The Hall–Kier alpha value is -0.370. The number of nitrogens with one attached hydrogen (secondary N) is 1. The first-order chi connectivity index (χ1) is 8.91. The molecular weight excluding hydrogens is 363 g/mol. The van der Waals surface area contributed by atoms with E-state index in [1.807, 2.05) is 0 Å². The fraction of sp³-hybridized carbons (Fsp3) is 0.500. The number of halogens is 6. The molecular formula is C12H14BrClF4N2. The minimum Gasteiger partial charge on any atom is -0.314 e. The molecule has 0 amide bonds. The lowest BCUT2D eigenvalue weighted by Crippen LogP contribution is -2.49.